The number of benzene rings is 2. The number of rotatable bonds is 3. The number of hydrogen-bond acceptors (Lipinski definition) is 3. The van der Waals surface area contributed by atoms with Crippen LogP contribution in [-0.2, 0) is 21.6 Å². The lowest BCUT2D eigenvalue weighted by molar-refractivity contribution is -0.120. The molecule has 5 nitrogen and oxygen atoms in total. The minimum Gasteiger partial charge on any atom is -0.444 e. The standard InChI is InChI=1S/C20H20N2O3/c23-18-20(10-4-5-11-20)16-12-15(8-9-17(16)22-18)21-19(24)25-13-14-6-2-1-3-7-14/h1-3,6-9,12H,4-5,10-11,13H2,(H,21,24)(H,22,23). The first-order valence-electron chi connectivity index (χ1n) is 8.61. The van der Waals surface area contributed by atoms with Crippen molar-refractivity contribution >= 4 is 23.4 Å². The molecule has 1 heterocycles. The monoisotopic (exact) mass is 336 g/mol. The maximum absolute atomic E-state index is 12.4. The number of nitrogens with one attached hydrogen (secondary N) is 2. The summed E-state index contributed by atoms with van der Waals surface area (Å²) in [6.45, 7) is 0.224. The summed E-state index contributed by atoms with van der Waals surface area (Å²) < 4.78 is 5.26. The number of carbonyl (C=O) groups is 2. The van der Waals surface area contributed by atoms with Gasteiger partial charge < -0.3 is 10.1 Å². The van der Waals surface area contributed by atoms with E-state index in [2.05, 4.69) is 10.6 Å². The van der Waals surface area contributed by atoms with Gasteiger partial charge >= 0.3 is 6.09 Å². The highest BCUT2D eigenvalue weighted by Gasteiger charge is 2.48. The Morgan fingerprint density at radius 2 is 1.88 bits per heavy atom. The lowest BCUT2D eigenvalue weighted by Gasteiger charge is -2.21. The molecule has 2 aromatic carbocycles. The van der Waals surface area contributed by atoms with Crippen molar-refractivity contribution in [1.82, 2.24) is 0 Å². The highest BCUT2D eigenvalue weighted by Crippen LogP contribution is 2.49. The molecule has 1 fully saturated rings. The van der Waals surface area contributed by atoms with E-state index in [1.807, 2.05) is 42.5 Å². The SMILES string of the molecule is O=C(Nc1ccc2c(c1)C1(CCCC1)C(=O)N2)OCc1ccccc1. The van der Waals surface area contributed by atoms with Crippen LogP contribution in [0, 0.1) is 0 Å². The van der Waals surface area contributed by atoms with E-state index >= 15 is 0 Å². The van der Waals surface area contributed by atoms with Crippen LogP contribution in [0.25, 0.3) is 0 Å². The topological polar surface area (TPSA) is 67.4 Å². The summed E-state index contributed by atoms with van der Waals surface area (Å²) in [5.74, 6) is 0.0869. The van der Waals surface area contributed by atoms with Gasteiger partial charge in [-0.25, -0.2) is 4.79 Å². The van der Waals surface area contributed by atoms with Gasteiger partial charge in [-0.1, -0.05) is 43.2 Å². The molecule has 4 rings (SSSR count). The average molecular weight is 336 g/mol. The molecule has 0 radical (unpaired) electrons. The average Bonchev–Trinajstić information content (AvgIpc) is 3.22. The number of ether oxygens (including phenoxy) is 1. The van der Waals surface area contributed by atoms with Crippen LogP contribution in [0.2, 0.25) is 0 Å². The van der Waals surface area contributed by atoms with Gasteiger partial charge in [0.25, 0.3) is 0 Å². The van der Waals surface area contributed by atoms with Gasteiger partial charge in [0.05, 0.1) is 5.41 Å². The Hall–Kier alpha value is -2.82. The van der Waals surface area contributed by atoms with E-state index in [1.165, 1.54) is 0 Å². The first-order chi connectivity index (χ1) is 12.2. The molecule has 1 aliphatic heterocycles. The van der Waals surface area contributed by atoms with Crippen LogP contribution >= 0.6 is 0 Å². The van der Waals surface area contributed by atoms with Crippen LogP contribution in [-0.4, -0.2) is 12.0 Å². The van der Waals surface area contributed by atoms with Crippen molar-refractivity contribution < 1.29 is 14.3 Å². The summed E-state index contributed by atoms with van der Waals surface area (Å²) in [6.07, 6.45) is 3.36. The number of hydrogen-bond donors (Lipinski definition) is 2. The summed E-state index contributed by atoms with van der Waals surface area (Å²) in [5, 5.41) is 5.74. The van der Waals surface area contributed by atoms with E-state index in [0.717, 1.165) is 42.5 Å². The number of fused-ring (bicyclic) bond motifs is 2. The third-order valence-corrected chi connectivity index (χ3v) is 5.13. The molecule has 2 aromatic rings. The van der Waals surface area contributed by atoms with E-state index < -0.39 is 11.5 Å². The minimum absolute atomic E-state index is 0.0869. The molecule has 0 bridgehead atoms. The first kappa shape index (κ1) is 15.7. The van der Waals surface area contributed by atoms with E-state index in [1.54, 1.807) is 6.07 Å². The molecule has 2 amide bonds. The Morgan fingerprint density at radius 3 is 2.64 bits per heavy atom. The molecule has 1 spiro atoms. The van der Waals surface area contributed by atoms with Crippen molar-refractivity contribution in [3.8, 4) is 0 Å². The van der Waals surface area contributed by atoms with E-state index in [-0.39, 0.29) is 12.5 Å². The fourth-order valence-electron chi connectivity index (χ4n) is 3.84. The van der Waals surface area contributed by atoms with E-state index in [0.29, 0.717) is 5.69 Å². The Kier molecular flexibility index (Phi) is 3.92. The van der Waals surface area contributed by atoms with Crippen LogP contribution in [0.3, 0.4) is 0 Å². The molecule has 0 saturated heterocycles. The summed E-state index contributed by atoms with van der Waals surface area (Å²) in [5.41, 5.74) is 3.03. The Bertz CT molecular complexity index is 811. The molecular weight excluding hydrogens is 316 g/mol. The minimum atomic E-state index is -0.499. The van der Waals surface area contributed by atoms with E-state index in [9.17, 15) is 9.59 Å². The van der Waals surface area contributed by atoms with Gasteiger partial charge in [-0.15, -0.1) is 0 Å². The van der Waals surface area contributed by atoms with Crippen molar-refractivity contribution in [3.63, 3.8) is 0 Å². The summed E-state index contributed by atoms with van der Waals surface area (Å²) in [7, 11) is 0. The van der Waals surface area contributed by atoms with Crippen molar-refractivity contribution in [2.24, 2.45) is 0 Å². The maximum Gasteiger partial charge on any atom is 0.411 e. The van der Waals surface area contributed by atoms with Crippen LogP contribution in [0.5, 0.6) is 0 Å². The smallest absolute Gasteiger partial charge is 0.411 e. The van der Waals surface area contributed by atoms with Gasteiger partial charge in [0.15, 0.2) is 0 Å². The summed E-state index contributed by atoms with van der Waals surface area (Å²) in [4.78, 5) is 24.5. The zero-order chi connectivity index (χ0) is 17.3. The van der Waals surface area contributed by atoms with Crippen molar-refractivity contribution in [1.29, 1.82) is 0 Å². The van der Waals surface area contributed by atoms with Gasteiger partial charge in [0.2, 0.25) is 5.91 Å². The van der Waals surface area contributed by atoms with Crippen LogP contribution < -0.4 is 10.6 Å². The van der Waals surface area contributed by atoms with Crippen molar-refractivity contribution in [3.05, 3.63) is 59.7 Å². The molecule has 0 atom stereocenters. The third kappa shape index (κ3) is 2.86. The zero-order valence-corrected chi connectivity index (χ0v) is 13.9. The molecule has 1 saturated carbocycles. The van der Waals surface area contributed by atoms with E-state index in [4.69, 9.17) is 4.74 Å². The maximum atomic E-state index is 12.4. The number of amides is 2. The van der Waals surface area contributed by atoms with Crippen LogP contribution in [0.15, 0.2) is 48.5 Å². The highest BCUT2D eigenvalue weighted by atomic mass is 16.5. The Morgan fingerprint density at radius 1 is 1.12 bits per heavy atom. The Balaban J connectivity index is 1.46. The van der Waals surface area contributed by atoms with Crippen LogP contribution in [0.1, 0.15) is 36.8 Å². The Labute approximate surface area is 146 Å². The normalized spacial score (nSPS) is 17.2. The predicted molar refractivity (Wildman–Crippen MR) is 95.5 cm³/mol. The lowest BCUT2D eigenvalue weighted by atomic mass is 9.80. The lowest BCUT2D eigenvalue weighted by Crippen LogP contribution is -2.31. The number of carbonyl (C=O) groups excluding carboxylic acids is 2. The third-order valence-electron chi connectivity index (χ3n) is 5.13. The summed E-state index contributed by atoms with van der Waals surface area (Å²) in [6, 6.07) is 15.1. The molecule has 2 aliphatic rings. The molecule has 128 valence electrons. The number of anilines is 2. The zero-order valence-electron chi connectivity index (χ0n) is 13.9. The molecular formula is C20H20N2O3. The molecule has 25 heavy (non-hydrogen) atoms. The molecule has 0 aromatic heterocycles. The fourth-order valence-corrected chi connectivity index (χ4v) is 3.84. The molecule has 1 aliphatic carbocycles. The highest BCUT2D eigenvalue weighted by molar-refractivity contribution is 6.07. The second kappa shape index (κ2) is 6.24. The first-order valence-corrected chi connectivity index (χ1v) is 8.61. The van der Waals surface area contributed by atoms with Gasteiger partial charge in [-0.3, -0.25) is 10.1 Å². The molecule has 2 N–H and O–H groups in total. The predicted octanol–water partition coefficient (Wildman–Crippen LogP) is 4.20. The van der Waals surface area contributed by atoms with Crippen molar-refractivity contribution in [2.75, 3.05) is 10.6 Å². The quantitative estimate of drug-likeness (QED) is 0.883. The molecule has 5 heteroatoms. The fraction of sp³-hybridized carbons (Fsp3) is 0.300. The largest absolute Gasteiger partial charge is 0.444 e. The van der Waals surface area contributed by atoms with Crippen molar-refractivity contribution in [2.45, 2.75) is 37.7 Å². The van der Waals surface area contributed by atoms with Gasteiger partial charge in [0, 0.05) is 11.4 Å². The second-order valence-electron chi connectivity index (χ2n) is 6.69. The van der Waals surface area contributed by atoms with Gasteiger partial charge in [0.1, 0.15) is 6.61 Å². The molecule has 0 unspecified atom stereocenters. The van der Waals surface area contributed by atoms with Gasteiger partial charge in [-0.05, 0) is 42.2 Å². The second-order valence-corrected chi connectivity index (χ2v) is 6.69. The van der Waals surface area contributed by atoms with Crippen LogP contribution in [0.4, 0.5) is 16.2 Å². The van der Waals surface area contributed by atoms with Gasteiger partial charge in [-0.2, -0.15) is 0 Å². The summed E-state index contributed by atoms with van der Waals surface area (Å²) >= 11 is 0.